The molecule has 3 N–H and O–H groups in total. The Morgan fingerprint density at radius 1 is 1.53 bits per heavy atom. The van der Waals surface area contributed by atoms with E-state index in [4.69, 9.17) is 18.0 Å². The number of thiocarbonyl (C=S) groups is 1. The Morgan fingerprint density at radius 3 is 2.84 bits per heavy atom. The number of likely N-dealkylation sites (N-methyl/N-ethyl adjacent to an activating group) is 1. The van der Waals surface area contributed by atoms with E-state index in [1.165, 1.54) is 12.8 Å². The molecular weight excluding hydrogens is 258 g/mol. The Labute approximate surface area is 119 Å². The Balaban J connectivity index is 1.89. The Bertz CT molecular complexity index is 458. The second-order valence-electron chi connectivity index (χ2n) is 4.87. The van der Waals surface area contributed by atoms with E-state index in [0.29, 0.717) is 16.6 Å². The fourth-order valence-electron chi connectivity index (χ4n) is 2.12. The molecule has 0 aliphatic heterocycles. The molecule has 0 amide bonds. The first-order valence-corrected chi connectivity index (χ1v) is 7.14. The number of hydrogen-bond acceptors (Lipinski definition) is 5. The summed E-state index contributed by atoms with van der Waals surface area (Å²) in [5, 5.41) is 3.25. The van der Waals surface area contributed by atoms with Crippen molar-refractivity contribution in [2.24, 2.45) is 5.73 Å². The van der Waals surface area contributed by atoms with Crippen LogP contribution in [0, 0.1) is 6.92 Å². The highest BCUT2D eigenvalue weighted by Gasteiger charge is 2.27. The summed E-state index contributed by atoms with van der Waals surface area (Å²) in [7, 11) is 0. The van der Waals surface area contributed by atoms with Gasteiger partial charge in [-0.2, -0.15) is 0 Å². The quantitative estimate of drug-likeness (QED) is 0.734. The molecule has 0 aromatic carbocycles. The van der Waals surface area contributed by atoms with Gasteiger partial charge in [-0.1, -0.05) is 19.1 Å². The average molecular weight is 279 g/mol. The normalized spacial score (nSPS) is 14.7. The summed E-state index contributed by atoms with van der Waals surface area (Å²) in [6.45, 7) is 7.06. The third kappa shape index (κ3) is 4.11. The largest absolute Gasteiger partial charge is 0.388 e. The van der Waals surface area contributed by atoms with E-state index in [1.807, 2.05) is 6.92 Å². The summed E-state index contributed by atoms with van der Waals surface area (Å²) in [4.78, 5) is 11.4. The number of anilines is 1. The summed E-state index contributed by atoms with van der Waals surface area (Å²) in [6, 6.07) is 2.59. The van der Waals surface area contributed by atoms with Gasteiger partial charge in [0.25, 0.3) is 0 Å². The first kappa shape index (κ1) is 14.1. The second-order valence-corrected chi connectivity index (χ2v) is 5.31. The van der Waals surface area contributed by atoms with E-state index >= 15 is 0 Å². The van der Waals surface area contributed by atoms with Crippen LogP contribution in [0.3, 0.4) is 0 Å². The minimum absolute atomic E-state index is 0.307. The van der Waals surface area contributed by atoms with Gasteiger partial charge in [-0.25, -0.2) is 9.97 Å². The third-order valence-corrected chi connectivity index (χ3v) is 3.47. The molecule has 0 bridgehead atoms. The molecule has 104 valence electrons. The van der Waals surface area contributed by atoms with Crippen molar-refractivity contribution in [1.29, 1.82) is 0 Å². The number of nitrogens with one attached hydrogen (secondary N) is 1. The number of hydrogen-bond donors (Lipinski definition) is 2. The number of rotatable bonds is 7. The maximum atomic E-state index is 5.60. The van der Waals surface area contributed by atoms with Gasteiger partial charge in [0.1, 0.15) is 10.7 Å². The average Bonchev–Trinajstić information content (AvgIpc) is 3.18. The summed E-state index contributed by atoms with van der Waals surface area (Å²) in [5.41, 5.74) is 7.10. The van der Waals surface area contributed by atoms with E-state index < -0.39 is 0 Å². The smallest absolute Gasteiger partial charge is 0.223 e. The highest BCUT2D eigenvalue weighted by molar-refractivity contribution is 7.80. The molecule has 1 aromatic heterocycles. The van der Waals surface area contributed by atoms with E-state index in [1.54, 1.807) is 6.07 Å². The summed E-state index contributed by atoms with van der Waals surface area (Å²) in [5.74, 6) is 0.606. The van der Waals surface area contributed by atoms with Gasteiger partial charge in [-0.15, -0.1) is 0 Å². The van der Waals surface area contributed by atoms with Gasteiger partial charge >= 0.3 is 0 Å². The van der Waals surface area contributed by atoms with Crippen LogP contribution in [0.25, 0.3) is 0 Å². The zero-order chi connectivity index (χ0) is 13.8. The molecule has 6 heteroatoms. The van der Waals surface area contributed by atoms with Gasteiger partial charge < -0.3 is 11.1 Å². The molecule has 1 aliphatic rings. The van der Waals surface area contributed by atoms with Crippen LogP contribution in [0.2, 0.25) is 0 Å². The van der Waals surface area contributed by atoms with Crippen molar-refractivity contribution in [3.63, 3.8) is 0 Å². The van der Waals surface area contributed by atoms with E-state index in [2.05, 4.69) is 27.1 Å². The van der Waals surface area contributed by atoms with Crippen LogP contribution in [0.5, 0.6) is 0 Å². The zero-order valence-electron chi connectivity index (χ0n) is 11.5. The van der Waals surface area contributed by atoms with E-state index in [0.717, 1.165) is 31.4 Å². The van der Waals surface area contributed by atoms with Gasteiger partial charge in [0.05, 0.1) is 0 Å². The van der Waals surface area contributed by atoms with Crippen LogP contribution in [0.4, 0.5) is 5.95 Å². The zero-order valence-corrected chi connectivity index (χ0v) is 12.3. The lowest BCUT2D eigenvalue weighted by molar-refractivity contribution is 0.289. The fourth-order valence-corrected chi connectivity index (χ4v) is 2.23. The third-order valence-electron chi connectivity index (χ3n) is 3.26. The van der Waals surface area contributed by atoms with E-state index in [9.17, 15) is 0 Å². The maximum absolute atomic E-state index is 5.60. The van der Waals surface area contributed by atoms with Crippen molar-refractivity contribution < 1.29 is 0 Å². The van der Waals surface area contributed by atoms with Crippen molar-refractivity contribution in [3.05, 3.63) is 17.5 Å². The number of aromatic nitrogens is 2. The second kappa shape index (κ2) is 6.25. The minimum Gasteiger partial charge on any atom is -0.388 e. The molecule has 0 unspecified atom stereocenters. The van der Waals surface area contributed by atoms with Crippen molar-refractivity contribution in [2.75, 3.05) is 25.0 Å². The van der Waals surface area contributed by atoms with Gasteiger partial charge in [0, 0.05) is 24.8 Å². The molecule has 1 fully saturated rings. The van der Waals surface area contributed by atoms with Crippen LogP contribution in [0.15, 0.2) is 6.07 Å². The highest BCUT2D eigenvalue weighted by Crippen LogP contribution is 2.25. The highest BCUT2D eigenvalue weighted by atomic mass is 32.1. The first-order chi connectivity index (χ1) is 9.10. The van der Waals surface area contributed by atoms with Crippen LogP contribution in [-0.4, -0.2) is 45.5 Å². The molecule has 1 aromatic rings. The van der Waals surface area contributed by atoms with Gasteiger partial charge in [0.15, 0.2) is 0 Å². The lowest BCUT2D eigenvalue weighted by atomic mass is 10.3. The Hall–Kier alpha value is -1.27. The van der Waals surface area contributed by atoms with Crippen molar-refractivity contribution >= 4 is 23.2 Å². The van der Waals surface area contributed by atoms with E-state index in [-0.39, 0.29) is 0 Å². The van der Waals surface area contributed by atoms with Crippen LogP contribution in [-0.2, 0) is 0 Å². The molecule has 1 aliphatic carbocycles. The number of nitrogens with two attached hydrogens (primary N) is 1. The van der Waals surface area contributed by atoms with Crippen molar-refractivity contribution in [1.82, 2.24) is 14.9 Å². The molecule has 5 nitrogen and oxygen atoms in total. The Kier molecular flexibility index (Phi) is 4.66. The van der Waals surface area contributed by atoms with Gasteiger partial charge in [0.2, 0.25) is 5.95 Å². The maximum Gasteiger partial charge on any atom is 0.223 e. The van der Waals surface area contributed by atoms with Gasteiger partial charge in [-0.05, 0) is 32.4 Å². The molecular formula is C13H21N5S. The summed E-state index contributed by atoms with van der Waals surface area (Å²) < 4.78 is 0. The predicted octanol–water partition coefficient (Wildman–Crippen LogP) is 1.32. The molecule has 0 saturated heterocycles. The standard InChI is InChI=1S/C13H21N5S/c1-3-18(10-4-5-10)7-6-15-13-16-9(2)8-11(17-13)12(14)19/h8,10H,3-7H2,1-2H3,(H2,14,19)(H,15,16,17). The predicted molar refractivity (Wildman–Crippen MR) is 81.4 cm³/mol. The van der Waals surface area contributed by atoms with Crippen LogP contribution in [0.1, 0.15) is 31.2 Å². The molecule has 1 heterocycles. The molecule has 0 spiro atoms. The fraction of sp³-hybridized carbons (Fsp3) is 0.615. The van der Waals surface area contributed by atoms with Gasteiger partial charge in [-0.3, -0.25) is 4.90 Å². The van der Waals surface area contributed by atoms with Crippen LogP contribution < -0.4 is 11.1 Å². The lowest BCUT2D eigenvalue weighted by Gasteiger charge is -2.19. The number of nitrogens with zero attached hydrogens (tertiary/aromatic N) is 3. The topological polar surface area (TPSA) is 67.1 Å². The first-order valence-electron chi connectivity index (χ1n) is 6.73. The molecule has 0 radical (unpaired) electrons. The molecule has 2 rings (SSSR count). The van der Waals surface area contributed by atoms with Crippen LogP contribution >= 0.6 is 12.2 Å². The molecule has 19 heavy (non-hydrogen) atoms. The monoisotopic (exact) mass is 279 g/mol. The van der Waals surface area contributed by atoms with Crippen molar-refractivity contribution in [2.45, 2.75) is 32.7 Å². The number of aryl methyl sites for hydroxylation is 1. The SMILES string of the molecule is CCN(CCNc1nc(C)cc(C(N)=S)n1)C1CC1. The summed E-state index contributed by atoms with van der Waals surface area (Å²) in [6.07, 6.45) is 2.67. The molecule has 1 saturated carbocycles. The minimum atomic E-state index is 0.307. The lowest BCUT2D eigenvalue weighted by Crippen LogP contribution is -2.31. The summed E-state index contributed by atoms with van der Waals surface area (Å²) >= 11 is 4.95. The van der Waals surface area contributed by atoms with Crippen molar-refractivity contribution in [3.8, 4) is 0 Å². The Morgan fingerprint density at radius 2 is 2.26 bits per heavy atom. The molecule has 0 atom stereocenters.